The number of guanidine groups is 1. The molecule has 0 saturated heterocycles. The Bertz CT molecular complexity index is 1360. The maximum atomic E-state index is 13.0. The van der Waals surface area contributed by atoms with Crippen LogP contribution in [0.4, 0.5) is 5.69 Å². The summed E-state index contributed by atoms with van der Waals surface area (Å²) in [5.74, 6) is -0.640. The lowest BCUT2D eigenvalue weighted by atomic mass is 10.2. The number of carbonyl (C=O) groups excluding carboxylic acids is 1. The number of carbonyl (C=O) groups is 1. The monoisotopic (exact) mass is 527 g/mol. The number of nitrogens with one attached hydrogen (secondary N) is 3. The number of anilines is 1. The SMILES string of the molecule is COc1cccc(OC)c1NC(=NS(=O)(=O)C[C@H](C)c1ncc(C)cn1)NNC(=O)c1cncc(C)c1. The van der Waals surface area contributed by atoms with Crippen molar-refractivity contribution in [2.24, 2.45) is 4.40 Å². The highest BCUT2D eigenvalue weighted by molar-refractivity contribution is 7.90. The maximum Gasteiger partial charge on any atom is 0.271 e. The molecule has 196 valence electrons. The van der Waals surface area contributed by atoms with Crippen molar-refractivity contribution >= 4 is 27.6 Å². The van der Waals surface area contributed by atoms with Gasteiger partial charge >= 0.3 is 0 Å². The zero-order chi connectivity index (χ0) is 27.0. The van der Waals surface area contributed by atoms with Crippen LogP contribution in [0.25, 0.3) is 0 Å². The van der Waals surface area contributed by atoms with Crippen LogP contribution in [0.15, 0.2) is 53.5 Å². The molecule has 0 fully saturated rings. The van der Waals surface area contributed by atoms with Crippen LogP contribution in [0, 0.1) is 13.8 Å². The molecular formula is C24H29N7O5S. The van der Waals surface area contributed by atoms with Gasteiger partial charge in [0.2, 0.25) is 5.96 Å². The Balaban J connectivity index is 1.90. The molecule has 2 heterocycles. The van der Waals surface area contributed by atoms with Gasteiger partial charge in [-0.15, -0.1) is 4.40 Å². The summed E-state index contributed by atoms with van der Waals surface area (Å²) < 4.78 is 40.7. The minimum Gasteiger partial charge on any atom is -0.494 e. The Morgan fingerprint density at radius 1 is 1.00 bits per heavy atom. The number of aryl methyl sites for hydroxylation is 2. The van der Waals surface area contributed by atoms with E-state index in [9.17, 15) is 13.2 Å². The first-order chi connectivity index (χ1) is 17.6. The summed E-state index contributed by atoms with van der Waals surface area (Å²) >= 11 is 0. The number of hydrogen-bond acceptors (Lipinski definition) is 8. The number of hydrogen-bond donors (Lipinski definition) is 3. The van der Waals surface area contributed by atoms with Crippen molar-refractivity contribution in [1.82, 2.24) is 25.8 Å². The first-order valence-corrected chi connectivity index (χ1v) is 12.8. The van der Waals surface area contributed by atoms with Gasteiger partial charge < -0.3 is 14.8 Å². The van der Waals surface area contributed by atoms with Gasteiger partial charge in [-0.05, 0) is 43.2 Å². The van der Waals surface area contributed by atoms with E-state index < -0.39 is 21.8 Å². The minimum absolute atomic E-state index is 0.273. The van der Waals surface area contributed by atoms with Gasteiger partial charge in [0.25, 0.3) is 15.9 Å². The summed E-state index contributed by atoms with van der Waals surface area (Å²) in [6.07, 6.45) is 6.23. The highest BCUT2D eigenvalue weighted by Gasteiger charge is 2.21. The van der Waals surface area contributed by atoms with Crippen LogP contribution in [0.2, 0.25) is 0 Å². The summed E-state index contributed by atoms with van der Waals surface area (Å²) in [5, 5.41) is 2.86. The highest BCUT2D eigenvalue weighted by atomic mass is 32.2. The number of benzene rings is 1. The van der Waals surface area contributed by atoms with E-state index in [1.165, 1.54) is 20.4 Å². The third-order valence-electron chi connectivity index (χ3n) is 5.04. The average molecular weight is 528 g/mol. The summed E-state index contributed by atoms with van der Waals surface area (Å²) in [5.41, 5.74) is 7.22. The van der Waals surface area contributed by atoms with E-state index in [4.69, 9.17) is 9.47 Å². The molecule has 1 aromatic carbocycles. The molecule has 1 amide bonds. The number of rotatable bonds is 8. The van der Waals surface area contributed by atoms with Crippen molar-refractivity contribution < 1.29 is 22.7 Å². The normalized spacial score (nSPS) is 12.4. The first-order valence-electron chi connectivity index (χ1n) is 11.2. The van der Waals surface area contributed by atoms with E-state index in [2.05, 4.69) is 35.5 Å². The van der Waals surface area contributed by atoms with Gasteiger partial charge in [-0.2, -0.15) is 0 Å². The molecular weight excluding hydrogens is 498 g/mol. The molecule has 0 radical (unpaired) electrons. The van der Waals surface area contributed by atoms with Crippen LogP contribution in [0.5, 0.6) is 11.5 Å². The number of para-hydroxylation sites is 1. The van der Waals surface area contributed by atoms with E-state index in [0.717, 1.165) is 11.1 Å². The molecule has 0 spiro atoms. The van der Waals surface area contributed by atoms with Gasteiger partial charge in [-0.25, -0.2) is 18.4 Å². The smallest absolute Gasteiger partial charge is 0.271 e. The minimum atomic E-state index is -4.08. The Labute approximate surface area is 215 Å². The van der Waals surface area contributed by atoms with Crippen LogP contribution in [0.3, 0.4) is 0 Å². The summed E-state index contributed by atoms with van der Waals surface area (Å²) in [7, 11) is -1.17. The second-order valence-corrected chi connectivity index (χ2v) is 9.88. The molecule has 1 atom stereocenters. The molecule has 0 aliphatic carbocycles. The zero-order valence-corrected chi connectivity index (χ0v) is 22.0. The summed E-state index contributed by atoms with van der Waals surface area (Å²) in [6.45, 7) is 5.32. The van der Waals surface area contributed by atoms with E-state index in [-0.39, 0.29) is 17.3 Å². The molecule has 13 heteroatoms. The number of nitrogens with zero attached hydrogens (tertiary/aromatic N) is 4. The van der Waals surface area contributed by atoms with Gasteiger partial charge in [0, 0.05) is 30.7 Å². The van der Waals surface area contributed by atoms with Gasteiger partial charge in [0.15, 0.2) is 0 Å². The molecule has 37 heavy (non-hydrogen) atoms. The zero-order valence-electron chi connectivity index (χ0n) is 21.1. The van der Waals surface area contributed by atoms with Gasteiger partial charge in [0.1, 0.15) is 23.0 Å². The molecule has 0 unspecified atom stereocenters. The quantitative estimate of drug-likeness (QED) is 0.226. The molecule has 3 rings (SSSR count). The fourth-order valence-corrected chi connectivity index (χ4v) is 4.49. The number of sulfonamides is 1. The Morgan fingerprint density at radius 3 is 2.24 bits per heavy atom. The lowest BCUT2D eigenvalue weighted by molar-refractivity contribution is 0.0943. The number of ether oxygens (including phenoxy) is 2. The van der Waals surface area contributed by atoms with Crippen LogP contribution in [0.1, 0.15) is 40.2 Å². The summed E-state index contributed by atoms with van der Waals surface area (Å²) in [6, 6.07) is 6.66. The van der Waals surface area contributed by atoms with Crippen molar-refractivity contribution in [2.45, 2.75) is 26.7 Å². The van der Waals surface area contributed by atoms with E-state index >= 15 is 0 Å². The summed E-state index contributed by atoms with van der Waals surface area (Å²) in [4.78, 5) is 25.0. The van der Waals surface area contributed by atoms with Crippen LogP contribution < -0.4 is 25.6 Å². The lowest BCUT2D eigenvalue weighted by Crippen LogP contribution is -2.45. The topological polar surface area (TPSA) is 157 Å². The Kier molecular flexibility index (Phi) is 8.95. The number of pyridine rings is 1. The fraction of sp³-hybridized carbons (Fsp3) is 0.292. The number of amides is 1. The predicted molar refractivity (Wildman–Crippen MR) is 139 cm³/mol. The van der Waals surface area contributed by atoms with Crippen LogP contribution in [-0.4, -0.2) is 55.2 Å². The molecule has 2 aromatic heterocycles. The molecule has 3 N–H and O–H groups in total. The van der Waals surface area contributed by atoms with Crippen LogP contribution in [-0.2, 0) is 10.0 Å². The number of aromatic nitrogens is 3. The predicted octanol–water partition coefficient (Wildman–Crippen LogP) is 2.34. The average Bonchev–Trinajstić information content (AvgIpc) is 2.87. The third-order valence-corrected chi connectivity index (χ3v) is 6.42. The number of hydrazine groups is 1. The van der Waals surface area contributed by atoms with Crippen LogP contribution >= 0.6 is 0 Å². The first kappa shape index (κ1) is 27.3. The maximum absolute atomic E-state index is 13.0. The van der Waals surface area contributed by atoms with Gasteiger partial charge in [-0.1, -0.05) is 13.0 Å². The Hall–Kier alpha value is -4.26. The molecule has 0 aliphatic rings. The van der Waals surface area contributed by atoms with Crippen molar-refractivity contribution in [3.8, 4) is 11.5 Å². The van der Waals surface area contributed by atoms with Gasteiger partial charge in [0.05, 0.1) is 25.5 Å². The molecule has 12 nitrogen and oxygen atoms in total. The standard InChI is InChI=1S/C24H29N7O5S/c1-15-9-18(13-25-10-15)23(32)29-30-24(28-21-19(35-4)7-6-8-20(21)36-5)31-37(33,34)14-17(3)22-26-11-16(2)12-27-22/h6-13,17H,14H2,1-5H3,(H,29,32)(H2,28,30,31)/t17-/m0/s1. The lowest BCUT2D eigenvalue weighted by Gasteiger charge is -2.18. The molecule has 0 aliphatic heterocycles. The van der Waals surface area contributed by atoms with Crippen molar-refractivity contribution in [2.75, 3.05) is 25.3 Å². The molecule has 0 bridgehead atoms. The van der Waals surface area contributed by atoms with Crippen molar-refractivity contribution in [1.29, 1.82) is 0 Å². The van der Waals surface area contributed by atoms with E-state index in [1.54, 1.807) is 56.7 Å². The fourth-order valence-electron chi connectivity index (χ4n) is 3.26. The van der Waals surface area contributed by atoms with Crippen molar-refractivity contribution in [3.05, 3.63) is 71.6 Å². The number of methoxy groups -OCH3 is 2. The second-order valence-electron chi connectivity index (χ2n) is 8.20. The third kappa shape index (κ3) is 7.61. The van der Waals surface area contributed by atoms with Crippen molar-refractivity contribution in [3.63, 3.8) is 0 Å². The highest BCUT2D eigenvalue weighted by Crippen LogP contribution is 2.34. The molecule has 0 saturated carbocycles. The Morgan fingerprint density at radius 2 is 1.65 bits per heavy atom. The largest absolute Gasteiger partial charge is 0.494 e. The van der Waals surface area contributed by atoms with E-state index in [1.807, 2.05) is 6.92 Å². The van der Waals surface area contributed by atoms with E-state index in [0.29, 0.717) is 23.0 Å². The second kappa shape index (κ2) is 12.1. The van der Waals surface area contributed by atoms with Gasteiger partial charge in [-0.3, -0.25) is 20.6 Å². The molecule has 3 aromatic rings.